The minimum atomic E-state index is 0.193. The number of aryl methyl sites for hydroxylation is 1. The van der Waals surface area contributed by atoms with Gasteiger partial charge in [0.05, 0.1) is 0 Å². The van der Waals surface area contributed by atoms with Crippen LogP contribution in [0.4, 0.5) is 0 Å². The second-order valence-corrected chi connectivity index (χ2v) is 4.81. The predicted molar refractivity (Wildman–Crippen MR) is 74.9 cm³/mol. The van der Waals surface area contributed by atoms with Crippen LogP contribution in [0.1, 0.15) is 31.7 Å². The van der Waals surface area contributed by atoms with E-state index >= 15 is 0 Å². The van der Waals surface area contributed by atoms with E-state index in [1.54, 1.807) is 0 Å². The SMILES string of the molecule is CCCc1nccn1-c1cccc(CC(C)N)c1. The zero-order valence-corrected chi connectivity index (χ0v) is 11.1. The monoisotopic (exact) mass is 243 g/mol. The molecule has 0 spiro atoms. The standard InChI is InChI=1S/C15H21N3/c1-3-5-15-17-8-9-18(15)14-7-4-6-13(11-14)10-12(2)16/h4,6-9,11-12H,3,5,10,16H2,1-2H3. The molecule has 0 radical (unpaired) electrons. The summed E-state index contributed by atoms with van der Waals surface area (Å²) in [7, 11) is 0. The summed E-state index contributed by atoms with van der Waals surface area (Å²) in [6.07, 6.45) is 6.91. The third kappa shape index (κ3) is 2.99. The fourth-order valence-electron chi connectivity index (χ4n) is 2.18. The topological polar surface area (TPSA) is 43.8 Å². The van der Waals surface area contributed by atoms with Crippen molar-refractivity contribution in [3.05, 3.63) is 48.0 Å². The average Bonchev–Trinajstić information content (AvgIpc) is 2.77. The van der Waals surface area contributed by atoms with Gasteiger partial charge in [0, 0.05) is 30.5 Å². The lowest BCUT2D eigenvalue weighted by Crippen LogP contribution is -2.17. The van der Waals surface area contributed by atoms with Gasteiger partial charge in [-0.2, -0.15) is 0 Å². The van der Waals surface area contributed by atoms with Gasteiger partial charge in [-0.25, -0.2) is 4.98 Å². The largest absolute Gasteiger partial charge is 0.328 e. The molecule has 0 aliphatic rings. The number of nitrogens with zero attached hydrogens (tertiary/aromatic N) is 2. The van der Waals surface area contributed by atoms with E-state index < -0.39 is 0 Å². The van der Waals surface area contributed by atoms with E-state index in [2.05, 4.69) is 40.7 Å². The number of benzene rings is 1. The van der Waals surface area contributed by atoms with Crippen molar-refractivity contribution in [3.8, 4) is 5.69 Å². The molecule has 0 amide bonds. The van der Waals surface area contributed by atoms with E-state index in [-0.39, 0.29) is 6.04 Å². The maximum Gasteiger partial charge on any atom is 0.113 e. The Morgan fingerprint density at radius 3 is 2.94 bits per heavy atom. The van der Waals surface area contributed by atoms with E-state index in [1.165, 1.54) is 11.3 Å². The Hall–Kier alpha value is -1.61. The Bertz CT molecular complexity index is 500. The van der Waals surface area contributed by atoms with E-state index in [1.807, 2.05) is 19.3 Å². The molecule has 1 aromatic heterocycles. The van der Waals surface area contributed by atoms with Crippen LogP contribution < -0.4 is 5.73 Å². The van der Waals surface area contributed by atoms with E-state index in [9.17, 15) is 0 Å². The van der Waals surface area contributed by atoms with Crippen LogP contribution in [0.3, 0.4) is 0 Å². The lowest BCUT2D eigenvalue weighted by Gasteiger charge is -2.10. The van der Waals surface area contributed by atoms with Crippen molar-refractivity contribution < 1.29 is 0 Å². The van der Waals surface area contributed by atoms with Crippen molar-refractivity contribution in [1.29, 1.82) is 0 Å². The van der Waals surface area contributed by atoms with Crippen LogP contribution in [-0.4, -0.2) is 15.6 Å². The zero-order valence-electron chi connectivity index (χ0n) is 11.1. The highest BCUT2D eigenvalue weighted by Crippen LogP contribution is 2.15. The molecule has 0 aliphatic heterocycles. The number of rotatable bonds is 5. The van der Waals surface area contributed by atoms with Crippen LogP contribution in [0.2, 0.25) is 0 Å². The lowest BCUT2D eigenvalue weighted by molar-refractivity contribution is 0.736. The number of aromatic nitrogens is 2. The van der Waals surface area contributed by atoms with Crippen LogP contribution in [0.5, 0.6) is 0 Å². The first kappa shape index (κ1) is 12.8. The van der Waals surface area contributed by atoms with Crippen molar-refractivity contribution in [3.63, 3.8) is 0 Å². The number of nitrogens with two attached hydrogens (primary N) is 1. The first-order chi connectivity index (χ1) is 8.70. The van der Waals surface area contributed by atoms with E-state index in [4.69, 9.17) is 5.73 Å². The van der Waals surface area contributed by atoms with Gasteiger partial charge in [0.15, 0.2) is 0 Å². The maximum atomic E-state index is 5.85. The second kappa shape index (κ2) is 5.83. The summed E-state index contributed by atoms with van der Waals surface area (Å²) >= 11 is 0. The molecule has 3 nitrogen and oxygen atoms in total. The molecule has 2 rings (SSSR count). The third-order valence-corrected chi connectivity index (χ3v) is 2.94. The Morgan fingerprint density at radius 2 is 2.22 bits per heavy atom. The first-order valence-corrected chi connectivity index (χ1v) is 6.58. The van der Waals surface area contributed by atoms with Crippen molar-refractivity contribution in [1.82, 2.24) is 9.55 Å². The highest BCUT2D eigenvalue weighted by Gasteiger charge is 2.05. The molecule has 96 valence electrons. The molecule has 1 atom stereocenters. The molecule has 0 bridgehead atoms. The summed E-state index contributed by atoms with van der Waals surface area (Å²) in [5.74, 6) is 1.12. The summed E-state index contributed by atoms with van der Waals surface area (Å²) in [5, 5.41) is 0. The average molecular weight is 243 g/mol. The predicted octanol–water partition coefficient (Wildman–Crippen LogP) is 2.71. The van der Waals surface area contributed by atoms with Crippen molar-refractivity contribution >= 4 is 0 Å². The molecule has 2 N–H and O–H groups in total. The zero-order chi connectivity index (χ0) is 13.0. The van der Waals surface area contributed by atoms with Crippen molar-refractivity contribution in [2.45, 2.75) is 39.2 Å². The first-order valence-electron chi connectivity index (χ1n) is 6.58. The van der Waals surface area contributed by atoms with Crippen LogP contribution in [0, 0.1) is 0 Å². The van der Waals surface area contributed by atoms with Crippen molar-refractivity contribution in [2.75, 3.05) is 0 Å². The molecule has 3 heteroatoms. The molecule has 18 heavy (non-hydrogen) atoms. The number of hydrogen-bond donors (Lipinski definition) is 1. The Morgan fingerprint density at radius 1 is 1.39 bits per heavy atom. The maximum absolute atomic E-state index is 5.85. The summed E-state index contributed by atoms with van der Waals surface area (Å²) < 4.78 is 2.16. The van der Waals surface area contributed by atoms with Gasteiger partial charge in [-0.05, 0) is 37.5 Å². The summed E-state index contributed by atoms with van der Waals surface area (Å²) in [6, 6.07) is 8.72. The molecule has 0 fully saturated rings. The molecule has 0 aliphatic carbocycles. The van der Waals surface area contributed by atoms with Gasteiger partial charge in [-0.1, -0.05) is 19.1 Å². The lowest BCUT2D eigenvalue weighted by atomic mass is 10.1. The van der Waals surface area contributed by atoms with Gasteiger partial charge in [0.25, 0.3) is 0 Å². The quantitative estimate of drug-likeness (QED) is 0.877. The molecule has 2 aromatic rings. The van der Waals surface area contributed by atoms with Crippen LogP contribution in [-0.2, 0) is 12.8 Å². The minimum Gasteiger partial charge on any atom is -0.328 e. The fourth-order valence-corrected chi connectivity index (χ4v) is 2.18. The highest BCUT2D eigenvalue weighted by molar-refractivity contribution is 5.37. The molecule has 0 saturated carbocycles. The molecular weight excluding hydrogens is 222 g/mol. The van der Waals surface area contributed by atoms with E-state index in [0.29, 0.717) is 0 Å². The molecule has 1 heterocycles. The van der Waals surface area contributed by atoms with Gasteiger partial charge in [-0.3, -0.25) is 0 Å². The molecule has 1 aromatic carbocycles. The summed E-state index contributed by atoms with van der Waals surface area (Å²) in [6.45, 7) is 4.21. The van der Waals surface area contributed by atoms with Crippen LogP contribution in [0.15, 0.2) is 36.7 Å². The Kier molecular flexibility index (Phi) is 4.15. The van der Waals surface area contributed by atoms with Gasteiger partial charge >= 0.3 is 0 Å². The minimum absolute atomic E-state index is 0.193. The van der Waals surface area contributed by atoms with E-state index in [0.717, 1.165) is 25.1 Å². The fraction of sp³-hybridized carbons (Fsp3) is 0.400. The number of hydrogen-bond acceptors (Lipinski definition) is 2. The smallest absolute Gasteiger partial charge is 0.113 e. The number of imidazole rings is 1. The highest BCUT2D eigenvalue weighted by atomic mass is 15.1. The summed E-state index contributed by atoms with van der Waals surface area (Å²) in [4.78, 5) is 4.41. The Labute approximate surface area is 109 Å². The van der Waals surface area contributed by atoms with Crippen LogP contribution in [0.25, 0.3) is 5.69 Å². The van der Waals surface area contributed by atoms with Gasteiger partial charge in [-0.15, -0.1) is 0 Å². The van der Waals surface area contributed by atoms with Gasteiger partial charge < -0.3 is 10.3 Å². The van der Waals surface area contributed by atoms with Gasteiger partial charge in [0.1, 0.15) is 5.82 Å². The normalized spacial score (nSPS) is 12.6. The summed E-state index contributed by atoms with van der Waals surface area (Å²) in [5.41, 5.74) is 8.30. The van der Waals surface area contributed by atoms with Crippen molar-refractivity contribution in [2.24, 2.45) is 5.73 Å². The molecular formula is C15H21N3. The molecule has 1 unspecified atom stereocenters. The molecule has 0 saturated heterocycles. The Balaban J connectivity index is 2.29. The second-order valence-electron chi connectivity index (χ2n) is 4.81. The van der Waals surface area contributed by atoms with Gasteiger partial charge in [0.2, 0.25) is 0 Å². The van der Waals surface area contributed by atoms with Crippen LogP contribution >= 0.6 is 0 Å². The third-order valence-electron chi connectivity index (χ3n) is 2.94.